The van der Waals surface area contributed by atoms with Crippen LogP contribution in [0.25, 0.3) is 0 Å². The second-order valence-corrected chi connectivity index (χ2v) is 3.84. The Hall–Kier alpha value is -1.41. The fraction of sp³-hybridized carbons (Fsp3) is 0.700. The molecule has 0 unspecified atom stereocenters. The lowest BCUT2D eigenvalue weighted by Crippen LogP contribution is -2.34. The minimum Gasteiger partial charge on any atom is -0.437 e. The average Bonchev–Trinajstić information content (AvgIpc) is 2.34. The number of rotatable bonds is 8. The molecular weight excluding hydrogens is 231 g/mol. The fourth-order valence-electron chi connectivity index (χ4n) is 1.35. The third kappa shape index (κ3) is 5.28. The second kappa shape index (κ2) is 7.83. The van der Waals surface area contributed by atoms with Crippen LogP contribution in [0.4, 0.5) is 11.9 Å². The summed E-state index contributed by atoms with van der Waals surface area (Å²) in [6.07, 6.45) is 0.765. The van der Waals surface area contributed by atoms with Gasteiger partial charge in [-0.3, -0.25) is 0 Å². The van der Waals surface area contributed by atoms with Crippen molar-refractivity contribution in [3.8, 4) is 0 Å². The van der Waals surface area contributed by atoms with Gasteiger partial charge in [0, 0.05) is 26.1 Å². The first kappa shape index (κ1) is 14.7. The molecular formula is C10H21BN6O. The van der Waals surface area contributed by atoms with Crippen molar-refractivity contribution in [3.63, 3.8) is 0 Å². The molecule has 0 aliphatic heterocycles. The van der Waals surface area contributed by atoms with E-state index >= 15 is 0 Å². The van der Waals surface area contributed by atoms with E-state index in [2.05, 4.69) is 30.8 Å². The summed E-state index contributed by atoms with van der Waals surface area (Å²) >= 11 is 0. The smallest absolute Gasteiger partial charge is 0.373 e. The van der Waals surface area contributed by atoms with Gasteiger partial charge >= 0.3 is 7.05 Å². The summed E-state index contributed by atoms with van der Waals surface area (Å²) in [5, 5.41) is 18.1. The van der Waals surface area contributed by atoms with Crippen LogP contribution in [0.2, 0.25) is 6.82 Å². The highest BCUT2D eigenvalue weighted by molar-refractivity contribution is 6.45. The van der Waals surface area contributed by atoms with Gasteiger partial charge in [0.05, 0.1) is 0 Å². The van der Waals surface area contributed by atoms with Gasteiger partial charge in [-0.05, 0) is 13.7 Å². The fourth-order valence-corrected chi connectivity index (χ4v) is 1.35. The van der Waals surface area contributed by atoms with Gasteiger partial charge in [-0.2, -0.15) is 15.0 Å². The molecule has 0 atom stereocenters. The van der Waals surface area contributed by atoms with Crippen molar-refractivity contribution >= 4 is 18.9 Å². The summed E-state index contributed by atoms with van der Waals surface area (Å²) < 4.78 is 0. The number of nitrogens with zero attached hydrogens (tertiary/aromatic N) is 3. The molecule has 0 spiro atoms. The number of hydrogen-bond donors (Lipinski definition) is 4. The Morgan fingerprint density at radius 3 is 2.28 bits per heavy atom. The topological polar surface area (TPSA) is 95.0 Å². The van der Waals surface area contributed by atoms with Crippen molar-refractivity contribution in [1.29, 1.82) is 0 Å². The van der Waals surface area contributed by atoms with Crippen LogP contribution >= 0.6 is 0 Å². The highest BCUT2D eigenvalue weighted by Gasteiger charge is 2.05. The molecule has 0 aromatic carbocycles. The predicted octanol–water partition coefficient (Wildman–Crippen LogP) is -0.0224. The highest BCUT2D eigenvalue weighted by atomic mass is 16.2. The number of aromatic nitrogens is 3. The van der Waals surface area contributed by atoms with Crippen molar-refractivity contribution in [2.75, 3.05) is 30.3 Å². The molecule has 0 saturated carbocycles. The van der Waals surface area contributed by atoms with Gasteiger partial charge in [0.1, 0.15) is 5.82 Å². The van der Waals surface area contributed by atoms with Gasteiger partial charge in [-0.15, -0.1) is 0 Å². The largest absolute Gasteiger partial charge is 0.437 e. The molecule has 1 aromatic heterocycles. The monoisotopic (exact) mass is 252 g/mol. The van der Waals surface area contributed by atoms with E-state index in [1.807, 2.05) is 13.8 Å². The lowest BCUT2D eigenvalue weighted by molar-refractivity contribution is 0.556. The molecule has 8 heteroatoms. The van der Waals surface area contributed by atoms with Gasteiger partial charge in [-0.1, -0.05) is 6.92 Å². The lowest BCUT2D eigenvalue weighted by atomic mass is 9.89. The molecule has 0 aliphatic carbocycles. The van der Waals surface area contributed by atoms with Crippen molar-refractivity contribution in [2.45, 2.75) is 27.1 Å². The normalized spacial score (nSPS) is 10.2. The molecule has 0 fully saturated rings. The Kier molecular flexibility index (Phi) is 6.38. The number of nitrogens with one attached hydrogen (secondary N) is 3. The lowest BCUT2D eigenvalue weighted by Gasteiger charge is -2.09. The summed E-state index contributed by atoms with van der Waals surface area (Å²) in [4.78, 5) is 12.8. The first-order valence-electron chi connectivity index (χ1n) is 6.29. The van der Waals surface area contributed by atoms with E-state index in [1.165, 1.54) is 0 Å². The van der Waals surface area contributed by atoms with Gasteiger partial charge in [0.2, 0.25) is 11.9 Å². The summed E-state index contributed by atoms with van der Waals surface area (Å²) in [5.74, 6) is 1.91. The van der Waals surface area contributed by atoms with Crippen LogP contribution in [0.15, 0.2) is 0 Å². The zero-order chi connectivity index (χ0) is 13.4. The third-order valence-corrected chi connectivity index (χ3v) is 2.18. The highest BCUT2D eigenvalue weighted by Crippen LogP contribution is 2.05. The SMILES string of the molecule is CCNc1nc(CC)nc(NCCNB(C)O)n1. The van der Waals surface area contributed by atoms with Crippen LogP contribution in [-0.4, -0.2) is 46.7 Å². The third-order valence-electron chi connectivity index (χ3n) is 2.18. The van der Waals surface area contributed by atoms with Gasteiger partial charge < -0.3 is 20.9 Å². The summed E-state index contributed by atoms with van der Waals surface area (Å²) in [6, 6.07) is 0. The van der Waals surface area contributed by atoms with E-state index in [0.717, 1.165) is 18.8 Å². The van der Waals surface area contributed by atoms with Gasteiger partial charge in [-0.25, -0.2) is 0 Å². The van der Waals surface area contributed by atoms with E-state index < -0.39 is 7.05 Å². The summed E-state index contributed by atoms with van der Waals surface area (Å²) in [7, 11) is -0.506. The van der Waals surface area contributed by atoms with E-state index in [4.69, 9.17) is 5.02 Å². The second-order valence-electron chi connectivity index (χ2n) is 3.84. The quantitative estimate of drug-likeness (QED) is 0.381. The van der Waals surface area contributed by atoms with Crippen LogP contribution in [0.5, 0.6) is 0 Å². The maximum atomic E-state index is 9.06. The molecule has 0 saturated heterocycles. The Balaban J connectivity index is 2.55. The van der Waals surface area contributed by atoms with Crippen LogP contribution < -0.4 is 15.9 Å². The zero-order valence-corrected chi connectivity index (χ0v) is 11.2. The molecule has 18 heavy (non-hydrogen) atoms. The maximum absolute atomic E-state index is 9.06. The van der Waals surface area contributed by atoms with Crippen LogP contribution in [0.1, 0.15) is 19.7 Å². The van der Waals surface area contributed by atoms with Crippen molar-refractivity contribution in [2.24, 2.45) is 0 Å². The van der Waals surface area contributed by atoms with Crippen molar-refractivity contribution in [3.05, 3.63) is 5.82 Å². The van der Waals surface area contributed by atoms with Crippen LogP contribution in [0.3, 0.4) is 0 Å². The minimum absolute atomic E-state index is 0.506. The summed E-state index contributed by atoms with van der Waals surface area (Å²) in [6.45, 7) is 7.74. The van der Waals surface area contributed by atoms with Crippen LogP contribution in [0, 0.1) is 0 Å². The standard InChI is InChI=1S/C10H21BN6O/c1-4-8-15-9(12-5-2)17-10(16-8)13-6-7-14-11(3)18/h14,18H,4-7H2,1-3H3,(H2,12,13,15,16,17). The Morgan fingerprint density at radius 1 is 1.06 bits per heavy atom. The predicted molar refractivity (Wildman–Crippen MR) is 73.7 cm³/mol. The molecule has 1 rings (SSSR count). The molecule has 100 valence electrons. The van der Waals surface area contributed by atoms with Crippen molar-refractivity contribution < 1.29 is 5.02 Å². The molecule has 1 heterocycles. The number of hydrogen-bond acceptors (Lipinski definition) is 7. The molecule has 7 nitrogen and oxygen atoms in total. The van der Waals surface area contributed by atoms with E-state index in [9.17, 15) is 0 Å². The van der Waals surface area contributed by atoms with E-state index in [-0.39, 0.29) is 0 Å². The molecule has 0 bridgehead atoms. The maximum Gasteiger partial charge on any atom is 0.373 e. The molecule has 0 amide bonds. The van der Waals surface area contributed by atoms with E-state index in [0.29, 0.717) is 25.0 Å². The van der Waals surface area contributed by atoms with Gasteiger partial charge in [0.15, 0.2) is 0 Å². The Labute approximate surface area is 108 Å². The minimum atomic E-state index is -0.506. The zero-order valence-electron chi connectivity index (χ0n) is 11.2. The molecule has 1 aromatic rings. The molecule has 0 radical (unpaired) electrons. The summed E-state index contributed by atoms with van der Waals surface area (Å²) in [5.41, 5.74) is 0. The Morgan fingerprint density at radius 2 is 1.72 bits per heavy atom. The molecule has 0 aliphatic rings. The first-order valence-corrected chi connectivity index (χ1v) is 6.29. The van der Waals surface area contributed by atoms with Gasteiger partial charge in [0.25, 0.3) is 0 Å². The van der Waals surface area contributed by atoms with Crippen LogP contribution in [-0.2, 0) is 6.42 Å². The van der Waals surface area contributed by atoms with E-state index in [1.54, 1.807) is 6.82 Å². The number of anilines is 2. The Bertz CT molecular complexity index is 362. The number of aryl methyl sites for hydroxylation is 1. The van der Waals surface area contributed by atoms with Crippen molar-refractivity contribution in [1.82, 2.24) is 20.2 Å². The first-order chi connectivity index (χ1) is 8.65. The molecule has 4 N–H and O–H groups in total. The average molecular weight is 252 g/mol.